The van der Waals surface area contributed by atoms with Crippen LogP contribution in [0.2, 0.25) is 0 Å². The number of carboxylic acid groups (broad SMARTS) is 1. The first kappa shape index (κ1) is 19.3. The molecule has 0 aliphatic heterocycles. The van der Waals surface area contributed by atoms with Crippen LogP contribution in [0.15, 0.2) is 0 Å². The molecule has 0 saturated carbocycles. The monoisotopic (exact) mass is 329 g/mol. The van der Waals surface area contributed by atoms with Crippen molar-refractivity contribution in [3.05, 3.63) is 0 Å². The second-order valence-electron chi connectivity index (χ2n) is 5.78. The molecule has 2 N–H and O–H groups in total. The molecule has 0 saturated heterocycles. The van der Waals surface area contributed by atoms with Crippen LogP contribution in [0.5, 0.6) is 0 Å². The van der Waals surface area contributed by atoms with Crippen LogP contribution in [0.3, 0.4) is 0 Å². The molecule has 0 bridgehead atoms. The fourth-order valence-electron chi connectivity index (χ4n) is 1.29. The number of rotatable bonds is 8. The largest absolute Gasteiger partial charge is 0.480 e. The highest BCUT2D eigenvalue weighted by Crippen LogP contribution is 2.20. The van der Waals surface area contributed by atoms with Gasteiger partial charge in [0.2, 0.25) is 10.0 Å². The molecule has 1 atom stereocenters. The molecule has 20 heavy (non-hydrogen) atoms. The molecule has 0 aromatic carbocycles. The molecule has 0 aromatic rings. The van der Waals surface area contributed by atoms with Gasteiger partial charge in [0, 0.05) is 6.26 Å². The van der Waals surface area contributed by atoms with Gasteiger partial charge < -0.3 is 5.11 Å². The molecule has 0 aliphatic carbocycles. The summed E-state index contributed by atoms with van der Waals surface area (Å²) < 4.78 is 47.6. The normalized spacial score (nSPS) is 15.3. The Morgan fingerprint density at radius 3 is 1.95 bits per heavy atom. The number of aliphatic carboxylic acids is 1. The summed E-state index contributed by atoms with van der Waals surface area (Å²) in [5.41, 5.74) is 0. The maximum Gasteiger partial charge on any atom is 0.321 e. The fourth-order valence-corrected chi connectivity index (χ4v) is 3.55. The predicted molar refractivity (Wildman–Crippen MR) is 76.7 cm³/mol. The maximum absolute atomic E-state index is 11.9. The Morgan fingerprint density at radius 2 is 1.65 bits per heavy atom. The highest BCUT2D eigenvalue weighted by atomic mass is 32.2. The summed E-state index contributed by atoms with van der Waals surface area (Å²) in [7, 11) is -7.25. The first-order valence-corrected chi connectivity index (χ1v) is 9.66. The Morgan fingerprint density at radius 1 is 1.20 bits per heavy atom. The van der Waals surface area contributed by atoms with Crippen LogP contribution < -0.4 is 4.72 Å². The molecule has 0 aliphatic rings. The van der Waals surface area contributed by atoms with Gasteiger partial charge in [-0.05, 0) is 26.2 Å². The zero-order chi connectivity index (χ0) is 16.4. The van der Waals surface area contributed by atoms with E-state index in [0.29, 0.717) is 0 Å². The molecule has 0 fully saturated rings. The molecule has 0 rings (SSSR count). The third kappa shape index (κ3) is 5.76. The molecule has 7 nitrogen and oxygen atoms in total. The summed E-state index contributed by atoms with van der Waals surface area (Å²) in [5.74, 6) is -2.11. The molecule has 0 radical (unpaired) electrons. The zero-order valence-corrected chi connectivity index (χ0v) is 14.0. The van der Waals surface area contributed by atoms with E-state index < -0.39 is 48.3 Å². The number of carbonyl (C=O) groups is 1. The number of carboxylic acids is 1. The Hall–Kier alpha value is -0.670. The molecule has 120 valence electrons. The highest BCUT2D eigenvalue weighted by molar-refractivity contribution is 7.92. The van der Waals surface area contributed by atoms with E-state index in [1.165, 1.54) is 13.8 Å². The van der Waals surface area contributed by atoms with Crippen molar-refractivity contribution in [2.24, 2.45) is 5.92 Å². The lowest BCUT2D eigenvalue weighted by Crippen LogP contribution is -2.46. The summed E-state index contributed by atoms with van der Waals surface area (Å²) in [6.07, 6.45) is 0.937. The first-order chi connectivity index (χ1) is 8.69. The van der Waals surface area contributed by atoms with Gasteiger partial charge in [-0.1, -0.05) is 13.8 Å². The summed E-state index contributed by atoms with van der Waals surface area (Å²) in [5, 5.41) is 8.94. The number of sulfone groups is 1. The van der Waals surface area contributed by atoms with Crippen molar-refractivity contribution in [3.8, 4) is 0 Å². The lowest BCUT2D eigenvalue weighted by Gasteiger charge is -2.23. The minimum Gasteiger partial charge on any atom is -0.480 e. The third-order valence-electron chi connectivity index (χ3n) is 3.22. The highest BCUT2D eigenvalue weighted by Gasteiger charge is 2.33. The Kier molecular flexibility index (Phi) is 6.18. The number of hydrogen-bond acceptors (Lipinski definition) is 5. The smallest absolute Gasteiger partial charge is 0.321 e. The Balaban J connectivity index is 4.91. The van der Waals surface area contributed by atoms with Crippen LogP contribution in [0.1, 0.15) is 34.1 Å². The van der Waals surface area contributed by atoms with Gasteiger partial charge in [0.05, 0.1) is 10.5 Å². The van der Waals surface area contributed by atoms with E-state index in [2.05, 4.69) is 4.72 Å². The summed E-state index contributed by atoms with van der Waals surface area (Å²) in [6.45, 7) is 6.05. The molecule has 0 heterocycles. The first-order valence-electron chi connectivity index (χ1n) is 6.12. The van der Waals surface area contributed by atoms with Crippen molar-refractivity contribution in [1.82, 2.24) is 4.72 Å². The van der Waals surface area contributed by atoms with E-state index in [1.807, 2.05) is 0 Å². The molecule has 0 spiro atoms. The van der Waals surface area contributed by atoms with Gasteiger partial charge in [-0.25, -0.2) is 21.6 Å². The van der Waals surface area contributed by atoms with E-state index in [9.17, 15) is 21.6 Å². The van der Waals surface area contributed by atoms with Crippen molar-refractivity contribution in [2.75, 3.05) is 12.0 Å². The van der Waals surface area contributed by atoms with Gasteiger partial charge in [-0.2, -0.15) is 0 Å². The van der Waals surface area contributed by atoms with Crippen molar-refractivity contribution >= 4 is 25.8 Å². The number of sulfonamides is 1. The van der Waals surface area contributed by atoms with Crippen LogP contribution >= 0.6 is 0 Å². The minimum atomic E-state index is -3.86. The van der Waals surface area contributed by atoms with Crippen LogP contribution in [0, 0.1) is 5.92 Å². The van der Waals surface area contributed by atoms with E-state index in [0.717, 1.165) is 6.26 Å². The predicted octanol–water partition coefficient (Wildman–Crippen LogP) is 0.228. The van der Waals surface area contributed by atoms with Crippen molar-refractivity contribution in [3.63, 3.8) is 0 Å². The quantitative estimate of drug-likeness (QED) is 0.658. The van der Waals surface area contributed by atoms with Crippen LogP contribution in [0.25, 0.3) is 0 Å². The molecule has 0 aromatic heterocycles. The molecule has 0 amide bonds. The van der Waals surface area contributed by atoms with Crippen molar-refractivity contribution < 1.29 is 26.7 Å². The van der Waals surface area contributed by atoms with Crippen molar-refractivity contribution in [1.29, 1.82) is 0 Å². The lowest BCUT2D eigenvalue weighted by molar-refractivity contribution is -0.140. The number of nitrogens with one attached hydrogen (secondary N) is 1. The van der Waals surface area contributed by atoms with Gasteiger partial charge >= 0.3 is 5.97 Å². The molecular formula is C11H23NO6S2. The van der Waals surface area contributed by atoms with Gasteiger partial charge in [-0.3, -0.25) is 4.79 Å². The van der Waals surface area contributed by atoms with Gasteiger partial charge in [0.25, 0.3) is 0 Å². The van der Waals surface area contributed by atoms with Crippen LogP contribution in [-0.4, -0.2) is 50.7 Å². The molecule has 1 unspecified atom stereocenters. The van der Waals surface area contributed by atoms with E-state index >= 15 is 0 Å². The van der Waals surface area contributed by atoms with E-state index in [4.69, 9.17) is 5.11 Å². The number of hydrogen-bond donors (Lipinski definition) is 2. The van der Waals surface area contributed by atoms with Gasteiger partial charge in [-0.15, -0.1) is 0 Å². The molecular weight excluding hydrogens is 306 g/mol. The van der Waals surface area contributed by atoms with Crippen molar-refractivity contribution in [2.45, 2.75) is 44.9 Å². The summed E-state index contributed by atoms with van der Waals surface area (Å²) in [4.78, 5) is 11.0. The Bertz CT molecular complexity index is 547. The SMILES string of the molecule is CC(C)C(NS(=O)(=O)CCC(C)(C)S(C)(=O)=O)C(=O)O. The lowest BCUT2D eigenvalue weighted by atomic mass is 10.1. The molecule has 9 heteroatoms. The summed E-state index contributed by atoms with van der Waals surface area (Å²) >= 11 is 0. The fraction of sp³-hybridized carbons (Fsp3) is 0.909. The van der Waals surface area contributed by atoms with Crippen LogP contribution in [-0.2, 0) is 24.7 Å². The standard InChI is InChI=1S/C11H23NO6S2/c1-8(2)9(10(13)14)12-20(17,18)7-6-11(3,4)19(5,15)16/h8-9,12H,6-7H2,1-5H3,(H,13,14). The summed E-state index contributed by atoms with van der Waals surface area (Å²) in [6, 6.07) is -1.22. The van der Waals surface area contributed by atoms with E-state index in [-0.39, 0.29) is 6.42 Å². The van der Waals surface area contributed by atoms with Gasteiger partial charge in [0.1, 0.15) is 6.04 Å². The Labute approximate surface area is 120 Å². The maximum atomic E-state index is 11.9. The second-order valence-corrected chi connectivity index (χ2v) is 10.3. The zero-order valence-electron chi connectivity index (χ0n) is 12.4. The van der Waals surface area contributed by atoms with Crippen LogP contribution in [0.4, 0.5) is 0 Å². The topological polar surface area (TPSA) is 118 Å². The average molecular weight is 329 g/mol. The minimum absolute atomic E-state index is 0.106. The van der Waals surface area contributed by atoms with Gasteiger partial charge in [0.15, 0.2) is 9.84 Å². The second kappa shape index (κ2) is 6.40. The van der Waals surface area contributed by atoms with E-state index in [1.54, 1.807) is 13.8 Å². The third-order valence-corrected chi connectivity index (χ3v) is 6.78. The average Bonchev–Trinajstić information content (AvgIpc) is 2.21.